The Kier molecular flexibility index (Phi) is 5.74. The molecule has 0 rings (SSSR count). The molecule has 0 saturated heterocycles. The Balaban J connectivity index is 4.09. The maximum Gasteiger partial charge on any atom is 0.309 e. The van der Waals surface area contributed by atoms with Crippen molar-refractivity contribution >= 4 is 11.9 Å². The third-order valence-corrected chi connectivity index (χ3v) is 1.27. The SMILES string of the molecule is CCOC(=O)CC(OC(C)=O)C(F)F. The van der Waals surface area contributed by atoms with E-state index < -0.39 is 30.9 Å². The van der Waals surface area contributed by atoms with E-state index in [4.69, 9.17) is 0 Å². The Bertz CT molecular complexity index is 206. The van der Waals surface area contributed by atoms with Gasteiger partial charge in [0.15, 0.2) is 6.10 Å². The number of carbonyl (C=O) groups is 2. The van der Waals surface area contributed by atoms with E-state index in [9.17, 15) is 18.4 Å². The number of rotatable bonds is 5. The van der Waals surface area contributed by atoms with Gasteiger partial charge in [0.2, 0.25) is 0 Å². The predicted molar refractivity (Wildman–Crippen MR) is 42.8 cm³/mol. The van der Waals surface area contributed by atoms with Crippen molar-refractivity contribution in [3.05, 3.63) is 0 Å². The Hall–Kier alpha value is -1.20. The molecular formula is C8H12F2O4. The number of alkyl halides is 2. The Morgan fingerprint density at radius 3 is 2.29 bits per heavy atom. The van der Waals surface area contributed by atoms with E-state index in [1.807, 2.05) is 0 Å². The fraction of sp³-hybridized carbons (Fsp3) is 0.750. The van der Waals surface area contributed by atoms with Crippen LogP contribution in [0.25, 0.3) is 0 Å². The van der Waals surface area contributed by atoms with Crippen molar-refractivity contribution in [2.45, 2.75) is 32.8 Å². The molecule has 0 aromatic heterocycles. The first-order valence-corrected chi connectivity index (χ1v) is 4.08. The van der Waals surface area contributed by atoms with E-state index >= 15 is 0 Å². The summed E-state index contributed by atoms with van der Waals surface area (Å²) in [6.07, 6.45) is -5.22. The Morgan fingerprint density at radius 2 is 1.93 bits per heavy atom. The quantitative estimate of drug-likeness (QED) is 0.638. The van der Waals surface area contributed by atoms with Crippen molar-refractivity contribution in [2.75, 3.05) is 6.61 Å². The van der Waals surface area contributed by atoms with Crippen molar-refractivity contribution in [3.8, 4) is 0 Å². The largest absolute Gasteiger partial charge is 0.466 e. The van der Waals surface area contributed by atoms with Crippen LogP contribution in [0.15, 0.2) is 0 Å². The van der Waals surface area contributed by atoms with Gasteiger partial charge in [-0.1, -0.05) is 0 Å². The van der Waals surface area contributed by atoms with Crippen molar-refractivity contribution in [3.63, 3.8) is 0 Å². The molecule has 6 heteroatoms. The van der Waals surface area contributed by atoms with Gasteiger partial charge in [-0.25, -0.2) is 8.78 Å². The monoisotopic (exact) mass is 210 g/mol. The fourth-order valence-corrected chi connectivity index (χ4v) is 0.780. The number of esters is 2. The van der Waals surface area contributed by atoms with Gasteiger partial charge in [-0.05, 0) is 6.92 Å². The normalized spacial score (nSPS) is 12.4. The molecule has 82 valence electrons. The molecule has 1 atom stereocenters. The second kappa shape index (κ2) is 6.28. The van der Waals surface area contributed by atoms with Gasteiger partial charge >= 0.3 is 11.9 Å². The second-order valence-electron chi connectivity index (χ2n) is 2.49. The zero-order chi connectivity index (χ0) is 11.1. The lowest BCUT2D eigenvalue weighted by atomic mass is 10.2. The molecule has 0 aromatic rings. The summed E-state index contributed by atoms with van der Waals surface area (Å²) in [7, 11) is 0. The molecule has 14 heavy (non-hydrogen) atoms. The molecule has 0 aromatic carbocycles. The highest BCUT2D eigenvalue weighted by atomic mass is 19.3. The van der Waals surface area contributed by atoms with Crippen LogP contribution in [0.5, 0.6) is 0 Å². The topological polar surface area (TPSA) is 52.6 Å². The molecule has 0 amide bonds. The van der Waals surface area contributed by atoms with Crippen LogP contribution < -0.4 is 0 Å². The van der Waals surface area contributed by atoms with Gasteiger partial charge in [0.25, 0.3) is 6.43 Å². The summed E-state index contributed by atoms with van der Waals surface area (Å²) in [6.45, 7) is 2.66. The molecule has 1 unspecified atom stereocenters. The van der Waals surface area contributed by atoms with E-state index in [2.05, 4.69) is 9.47 Å². The lowest BCUT2D eigenvalue weighted by Gasteiger charge is -2.14. The molecule has 0 fully saturated rings. The van der Waals surface area contributed by atoms with Crippen LogP contribution in [0.1, 0.15) is 20.3 Å². The second-order valence-corrected chi connectivity index (χ2v) is 2.49. The highest BCUT2D eigenvalue weighted by molar-refractivity contribution is 5.71. The number of halogens is 2. The number of ether oxygens (including phenoxy) is 2. The van der Waals surface area contributed by atoms with Crippen LogP contribution >= 0.6 is 0 Å². The average molecular weight is 210 g/mol. The molecule has 0 radical (unpaired) electrons. The first-order valence-electron chi connectivity index (χ1n) is 4.08. The summed E-state index contributed by atoms with van der Waals surface area (Å²) in [5, 5.41) is 0. The van der Waals surface area contributed by atoms with E-state index in [-0.39, 0.29) is 6.61 Å². The first-order chi connectivity index (χ1) is 6.47. The van der Waals surface area contributed by atoms with Crippen LogP contribution in [0, 0.1) is 0 Å². The molecular weight excluding hydrogens is 198 g/mol. The zero-order valence-corrected chi connectivity index (χ0v) is 7.96. The van der Waals surface area contributed by atoms with E-state index in [0.29, 0.717) is 0 Å². The maximum atomic E-state index is 12.2. The highest BCUT2D eigenvalue weighted by Gasteiger charge is 2.26. The molecule has 0 spiro atoms. The van der Waals surface area contributed by atoms with E-state index in [1.54, 1.807) is 6.92 Å². The number of hydrogen-bond donors (Lipinski definition) is 0. The minimum absolute atomic E-state index is 0.106. The zero-order valence-electron chi connectivity index (χ0n) is 7.96. The van der Waals surface area contributed by atoms with Gasteiger partial charge in [-0.3, -0.25) is 9.59 Å². The van der Waals surface area contributed by atoms with Gasteiger partial charge in [-0.15, -0.1) is 0 Å². The van der Waals surface area contributed by atoms with E-state index in [1.165, 1.54) is 0 Å². The molecule has 0 aliphatic carbocycles. The van der Waals surface area contributed by atoms with Gasteiger partial charge in [0.05, 0.1) is 13.0 Å². The van der Waals surface area contributed by atoms with Crippen molar-refractivity contribution in [1.82, 2.24) is 0 Å². The molecule has 0 saturated carbocycles. The van der Waals surface area contributed by atoms with E-state index in [0.717, 1.165) is 6.92 Å². The molecule has 0 heterocycles. The number of carbonyl (C=O) groups excluding carboxylic acids is 2. The number of hydrogen-bond acceptors (Lipinski definition) is 4. The summed E-state index contributed by atoms with van der Waals surface area (Å²) < 4.78 is 33.0. The first kappa shape index (κ1) is 12.8. The lowest BCUT2D eigenvalue weighted by molar-refractivity contribution is -0.161. The third-order valence-electron chi connectivity index (χ3n) is 1.27. The molecule has 0 N–H and O–H groups in total. The van der Waals surface area contributed by atoms with Gasteiger partial charge in [0.1, 0.15) is 0 Å². The molecule has 0 aliphatic rings. The summed E-state index contributed by atoms with van der Waals surface area (Å²) in [6, 6.07) is 0. The molecule has 0 bridgehead atoms. The van der Waals surface area contributed by atoms with Gasteiger partial charge in [-0.2, -0.15) is 0 Å². The molecule has 4 nitrogen and oxygen atoms in total. The van der Waals surface area contributed by atoms with Crippen LogP contribution in [0.3, 0.4) is 0 Å². The summed E-state index contributed by atoms with van der Waals surface area (Å²) in [4.78, 5) is 21.2. The van der Waals surface area contributed by atoms with Gasteiger partial charge in [0, 0.05) is 6.92 Å². The standard InChI is InChI=1S/C8H12F2O4/c1-3-13-7(12)4-6(8(9)10)14-5(2)11/h6,8H,3-4H2,1-2H3. The van der Waals surface area contributed by atoms with Crippen LogP contribution in [-0.2, 0) is 19.1 Å². The highest BCUT2D eigenvalue weighted by Crippen LogP contribution is 2.11. The minimum Gasteiger partial charge on any atom is -0.466 e. The molecule has 0 aliphatic heterocycles. The van der Waals surface area contributed by atoms with Crippen molar-refractivity contribution < 1.29 is 27.8 Å². The summed E-state index contributed by atoms with van der Waals surface area (Å²) >= 11 is 0. The van der Waals surface area contributed by atoms with Crippen molar-refractivity contribution in [2.24, 2.45) is 0 Å². The maximum absolute atomic E-state index is 12.2. The lowest BCUT2D eigenvalue weighted by Crippen LogP contribution is -2.28. The van der Waals surface area contributed by atoms with Gasteiger partial charge < -0.3 is 9.47 Å². The predicted octanol–water partition coefficient (Wildman–Crippen LogP) is 1.14. The smallest absolute Gasteiger partial charge is 0.309 e. The fourth-order valence-electron chi connectivity index (χ4n) is 0.780. The summed E-state index contributed by atoms with van der Waals surface area (Å²) in [5.41, 5.74) is 0. The van der Waals surface area contributed by atoms with Crippen LogP contribution in [0.2, 0.25) is 0 Å². The Labute approximate surface area is 80.2 Å². The minimum atomic E-state index is -2.89. The van der Waals surface area contributed by atoms with Crippen LogP contribution in [-0.4, -0.2) is 31.1 Å². The summed E-state index contributed by atoms with van der Waals surface area (Å²) in [5.74, 6) is -1.65. The Morgan fingerprint density at radius 1 is 1.36 bits per heavy atom. The third kappa shape index (κ3) is 5.45. The van der Waals surface area contributed by atoms with Crippen molar-refractivity contribution in [1.29, 1.82) is 0 Å². The average Bonchev–Trinajstić information content (AvgIpc) is 2.02. The van der Waals surface area contributed by atoms with Crippen LogP contribution in [0.4, 0.5) is 8.78 Å².